The maximum absolute atomic E-state index is 12.4. The van der Waals surface area contributed by atoms with E-state index in [2.05, 4.69) is 46.8 Å². The van der Waals surface area contributed by atoms with Crippen LogP contribution in [0, 0.1) is 13.8 Å². The minimum Gasteiger partial charge on any atom is -0.354 e. The van der Waals surface area contributed by atoms with Crippen molar-refractivity contribution in [2.75, 3.05) is 7.05 Å². The van der Waals surface area contributed by atoms with Crippen molar-refractivity contribution in [1.29, 1.82) is 0 Å². The Kier molecular flexibility index (Phi) is 11.0. The first-order chi connectivity index (χ1) is 14.2. The molecule has 172 valence electrons. The van der Waals surface area contributed by atoms with Gasteiger partial charge in [0, 0.05) is 44.0 Å². The Morgan fingerprint density at radius 3 is 2.48 bits per heavy atom. The fourth-order valence-corrected chi connectivity index (χ4v) is 3.32. The second-order valence-corrected chi connectivity index (χ2v) is 7.93. The maximum Gasteiger partial charge on any atom is 0.251 e. The summed E-state index contributed by atoms with van der Waals surface area (Å²) in [6.45, 7) is 10.9. The Labute approximate surface area is 203 Å². The van der Waals surface area contributed by atoms with Gasteiger partial charge in [0.05, 0.1) is 5.69 Å². The van der Waals surface area contributed by atoms with E-state index in [0.29, 0.717) is 12.1 Å². The van der Waals surface area contributed by atoms with E-state index in [0.717, 1.165) is 30.1 Å². The molecule has 1 amide bonds. The van der Waals surface area contributed by atoms with Gasteiger partial charge in [0.2, 0.25) is 0 Å². The van der Waals surface area contributed by atoms with Gasteiger partial charge in [0.15, 0.2) is 5.96 Å². The molecule has 1 heterocycles. The molecule has 0 bridgehead atoms. The second-order valence-electron chi connectivity index (χ2n) is 7.93. The van der Waals surface area contributed by atoms with Crippen molar-refractivity contribution in [3.05, 3.63) is 52.3 Å². The molecule has 2 unspecified atom stereocenters. The predicted octanol–water partition coefficient (Wildman–Crippen LogP) is 3.48. The van der Waals surface area contributed by atoms with Gasteiger partial charge in [-0.1, -0.05) is 19.1 Å². The highest BCUT2D eigenvalue weighted by molar-refractivity contribution is 14.0. The van der Waals surface area contributed by atoms with Gasteiger partial charge in [-0.15, -0.1) is 24.0 Å². The predicted molar refractivity (Wildman–Crippen MR) is 138 cm³/mol. The van der Waals surface area contributed by atoms with Gasteiger partial charge in [-0.05, 0) is 63.8 Å². The Morgan fingerprint density at radius 2 is 1.90 bits per heavy atom. The number of nitrogens with zero attached hydrogens (tertiary/aromatic N) is 3. The van der Waals surface area contributed by atoms with E-state index in [1.54, 1.807) is 7.05 Å². The molecule has 8 heteroatoms. The van der Waals surface area contributed by atoms with Gasteiger partial charge in [-0.2, -0.15) is 5.10 Å². The molecule has 7 nitrogen and oxygen atoms in total. The number of aliphatic imine (C=N–C) groups is 1. The van der Waals surface area contributed by atoms with Crippen LogP contribution in [0.25, 0.3) is 0 Å². The fourth-order valence-electron chi connectivity index (χ4n) is 3.32. The highest BCUT2D eigenvalue weighted by Gasteiger charge is 2.14. The maximum atomic E-state index is 12.4. The molecular formula is C23H37IN6O. The lowest BCUT2D eigenvalue weighted by molar-refractivity contribution is 0.0939. The molecule has 0 fully saturated rings. The van der Waals surface area contributed by atoms with Crippen molar-refractivity contribution in [2.45, 2.75) is 66.1 Å². The molecule has 0 saturated heterocycles. The summed E-state index contributed by atoms with van der Waals surface area (Å²) in [6.07, 6.45) is 1.78. The normalized spacial score (nSPS) is 13.2. The van der Waals surface area contributed by atoms with Gasteiger partial charge in [0.25, 0.3) is 5.91 Å². The minimum absolute atomic E-state index is 0. The van der Waals surface area contributed by atoms with E-state index in [9.17, 15) is 4.79 Å². The number of benzene rings is 1. The zero-order valence-corrected chi connectivity index (χ0v) is 22.1. The molecule has 0 radical (unpaired) electrons. The first-order valence-corrected chi connectivity index (χ1v) is 10.6. The number of amides is 1. The zero-order valence-electron chi connectivity index (χ0n) is 19.7. The molecule has 0 spiro atoms. The van der Waals surface area contributed by atoms with E-state index in [1.165, 1.54) is 11.3 Å². The minimum atomic E-state index is -0.0375. The van der Waals surface area contributed by atoms with Crippen molar-refractivity contribution < 1.29 is 4.79 Å². The first kappa shape index (κ1) is 26.9. The summed E-state index contributed by atoms with van der Waals surface area (Å²) in [4.78, 5) is 16.7. The summed E-state index contributed by atoms with van der Waals surface area (Å²) >= 11 is 0. The molecule has 0 aliphatic carbocycles. The number of hydrogen-bond donors (Lipinski definition) is 3. The van der Waals surface area contributed by atoms with Crippen LogP contribution in [0.2, 0.25) is 0 Å². The molecule has 0 aliphatic rings. The van der Waals surface area contributed by atoms with Crippen LogP contribution in [0.15, 0.2) is 29.3 Å². The molecule has 2 aromatic rings. The van der Waals surface area contributed by atoms with Crippen LogP contribution >= 0.6 is 24.0 Å². The lowest BCUT2D eigenvalue weighted by atomic mass is 10.1. The third kappa shape index (κ3) is 7.83. The Hall–Kier alpha value is -2.10. The number of hydrogen-bond acceptors (Lipinski definition) is 3. The first-order valence-electron chi connectivity index (χ1n) is 10.6. The second kappa shape index (κ2) is 12.7. The summed E-state index contributed by atoms with van der Waals surface area (Å²) < 4.78 is 1.93. The van der Waals surface area contributed by atoms with Gasteiger partial charge >= 0.3 is 0 Å². The van der Waals surface area contributed by atoms with E-state index in [-0.39, 0.29) is 42.0 Å². The lowest BCUT2D eigenvalue weighted by Crippen LogP contribution is -2.42. The van der Waals surface area contributed by atoms with Crippen LogP contribution in [0.4, 0.5) is 0 Å². The number of nitrogens with one attached hydrogen (secondary N) is 3. The smallest absolute Gasteiger partial charge is 0.251 e. The van der Waals surface area contributed by atoms with Crippen molar-refractivity contribution >= 4 is 35.8 Å². The van der Waals surface area contributed by atoms with Crippen LogP contribution < -0.4 is 16.0 Å². The summed E-state index contributed by atoms with van der Waals surface area (Å²) in [5.41, 5.74) is 5.23. The standard InChI is InChI=1S/C23H36N6O.HI/c1-8-15(2)26-22(30)20-11-9-10-19(13-20)14-25-23(24-6)27-16(3)12-21-17(4)28-29(7)18(21)5;/h9-11,13,15-16H,8,12,14H2,1-7H3,(H,26,30)(H2,24,25,27);1H. The molecule has 31 heavy (non-hydrogen) atoms. The molecule has 1 aromatic heterocycles. The van der Waals surface area contributed by atoms with Crippen molar-refractivity contribution in [3.63, 3.8) is 0 Å². The Morgan fingerprint density at radius 1 is 1.19 bits per heavy atom. The number of rotatable bonds is 8. The molecule has 0 aliphatic heterocycles. The molecule has 0 saturated carbocycles. The number of guanidine groups is 1. The third-order valence-electron chi connectivity index (χ3n) is 5.41. The Bertz CT molecular complexity index is 892. The monoisotopic (exact) mass is 540 g/mol. The van der Waals surface area contributed by atoms with Gasteiger partial charge in [0.1, 0.15) is 0 Å². The van der Waals surface area contributed by atoms with Crippen LogP contribution in [0.3, 0.4) is 0 Å². The number of aromatic nitrogens is 2. The van der Waals surface area contributed by atoms with Crippen molar-refractivity contribution in [2.24, 2.45) is 12.0 Å². The quantitative estimate of drug-likeness (QED) is 0.272. The van der Waals surface area contributed by atoms with E-state index in [1.807, 2.05) is 49.8 Å². The van der Waals surface area contributed by atoms with Gasteiger partial charge in [-0.3, -0.25) is 14.5 Å². The average molecular weight is 540 g/mol. The number of carbonyl (C=O) groups is 1. The molecule has 2 rings (SSSR count). The lowest BCUT2D eigenvalue weighted by Gasteiger charge is -2.18. The molecule has 2 atom stereocenters. The number of carbonyl (C=O) groups excluding carboxylic acids is 1. The Balaban J connectivity index is 0.00000480. The van der Waals surface area contributed by atoms with E-state index in [4.69, 9.17) is 0 Å². The SMILES string of the molecule is CCC(C)NC(=O)c1cccc(CNC(=NC)NC(C)Cc2c(C)nn(C)c2C)c1.I. The fraction of sp³-hybridized carbons (Fsp3) is 0.522. The average Bonchev–Trinajstić information content (AvgIpc) is 2.97. The van der Waals surface area contributed by atoms with Crippen LogP contribution in [0.1, 0.15) is 60.1 Å². The van der Waals surface area contributed by atoms with E-state index >= 15 is 0 Å². The molecule has 1 aromatic carbocycles. The number of halogens is 1. The zero-order chi connectivity index (χ0) is 22.3. The van der Waals surface area contributed by atoms with Crippen LogP contribution in [0.5, 0.6) is 0 Å². The summed E-state index contributed by atoms with van der Waals surface area (Å²) in [5.74, 6) is 0.695. The summed E-state index contributed by atoms with van der Waals surface area (Å²) in [5, 5.41) is 14.3. The van der Waals surface area contributed by atoms with Gasteiger partial charge < -0.3 is 16.0 Å². The number of aryl methyl sites for hydroxylation is 2. The highest BCUT2D eigenvalue weighted by atomic mass is 127. The molecular weight excluding hydrogens is 503 g/mol. The van der Waals surface area contributed by atoms with Crippen LogP contribution in [-0.2, 0) is 20.0 Å². The highest BCUT2D eigenvalue weighted by Crippen LogP contribution is 2.14. The third-order valence-corrected chi connectivity index (χ3v) is 5.41. The largest absolute Gasteiger partial charge is 0.354 e. The van der Waals surface area contributed by atoms with Crippen LogP contribution in [-0.4, -0.2) is 40.8 Å². The molecule has 3 N–H and O–H groups in total. The topological polar surface area (TPSA) is 83.3 Å². The van der Waals surface area contributed by atoms with Gasteiger partial charge in [-0.25, -0.2) is 0 Å². The summed E-state index contributed by atoms with van der Waals surface area (Å²) in [7, 11) is 3.74. The van der Waals surface area contributed by atoms with Crippen molar-refractivity contribution in [1.82, 2.24) is 25.7 Å². The van der Waals surface area contributed by atoms with Crippen molar-refractivity contribution in [3.8, 4) is 0 Å². The summed E-state index contributed by atoms with van der Waals surface area (Å²) in [6, 6.07) is 8.04. The van der Waals surface area contributed by atoms with E-state index < -0.39 is 0 Å².